The van der Waals surface area contributed by atoms with Crippen LogP contribution in [0.2, 0.25) is 0 Å². The quantitative estimate of drug-likeness (QED) is 0.777. The van der Waals surface area contributed by atoms with Gasteiger partial charge in [-0.2, -0.15) is 0 Å². The second-order valence-electron chi connectivity index (χ2n) is 3.62. The molecule has 2 heterocycles. The SMILES string of the molecule is CC(=O)NCc1cnc2[nH]cc(C)c2c1. The Morgan fingerprint density at radius 2 is 2.40 bits per heavy atom. The Balaban J connectivity index is 2.29. The maximum Gasteiger partial charge on any atom is 0.217 e. The number of aromatic amines is 1. The molecule has 2 N–H and O–H groups in total. The van der Waals surface area contributed by atoms with Gasteiger partial charge in [-0.15, -0.1) is 0 Å². The predicted octanol–water partition coefficient (Wildman–Crippen LogP) is 1.51. The Bertz CT molecular complexity index is 502. The Hall–Kier alpha value is -1.84. The van der Waals surface area contributed by atoms with Gasteiger partial charge in [-0.3, -0.25) is 4.79 Å². The number of rotatable bonds is 2. The normalized spacial score (nSPS) is 10.5. The average Bonchev–Trinajstić information content (AvgIpc) is 2.57. The first-order valence-corrected chi connectivity index (χ1v) is 4.84. The summed E-state index contributed by atoms with van der Waals surface area (Å²) in [5, 5.41) is 3.86. The van der Waals surface area contributed by atoms with Crippen molar-refractivity contribution in [1.82, 2.24) is 15.3 Å². The summed E-state index contributed by atoms with van der Waals surface area (Å²) >= 11 is 0. The first-order chi connectivity index (χ1) is 7.16. The van der Waals surface area contributed by atoms with E-state index in [2.05, 4.69) is 15.3 Å². The monoisotopic (exact) mass is 203 g/mol. The molecule has 0 saturated heterocycles. The fraction of sp³-hybridized carbons (Fsp3) is 0.273. The number of H-pyrrole nitrogens is 1. The summed E-state index contributed by atoms with van der Waals surface area (Å²) in [5.74, 6) is -0.0270. The number of fused-ring (bicyclic) bond motifs is 1. The third kappa shape index (κ3) is 1.98. The van der Waals surface area contributed by atoms with Gasteiger partial charge in [0.2, 0.25) is 5.91 Å². The molecule has 0 unspecified atom stereocenters. The van der Waals surface area contributed by atoms with Crippen LogP contribution in [0.15, 0.2) is 18.5 Å². The fourth-order valence-electron chi connectivity index (χ4n) is 1.50. The van der Waals surface area contributed by atoms with Crippen molar-refractivity contribution in [3.05, 3.63) is 29.6 Å². The number of carbonyl (C=O) groups excluding carboxylic acids is 1. The number of nitrogens with one attached hydrogen (secondary N) is 2. The maximum absolute atomic E-state index is 10.8. The van der Waals surface area contributed by atoms with E-state index in [0.29, 0.717) is 6.54 Å². The summed E-state index contributed by atoms with van der Waals surface area (Å²) in [7, 11) is 0. The van der Waals surface area contributed by atoms with Gasteiger partial charge in [0.15, 0.2) is 0 Å². The molecule has 0 spiro atoms. The van der Waals surface area contributed by atoms with Crippen molar-refractivity contribution in [2.45, 2.75) is 20.4 Å². The van der Waals surface area contributed by atoms with Crippen LogP contribution < -0.4 is 5.32 Å². The van der Waals surface area contributed by atoms with Crippen molar-refractivity contribution >= 4 is 16.9 Å². The van der Waals surface area contributed by atoms with Gasteiger partial charge in [0.05, 0.1) is 0 Å². The van der Waals surface area contributed by atoms with E-state index in [9.17, 15) is 4.79 Å². The van der Waals surface area contributed by atoms with Gasteiger partial charge >= 0.3 is 0 Å². The fourth-order valence-corrected chi connectivity index (χ4v) is 1.50. The molecule has 2 rings (SSSR count). The number of nitrogens with zero attached hydrogens (tertiary/aromatic N) is 1. The highest BCUT2D eigenvalue weighted by atomic mass is 16.1. The number of aromatic nitrogens is 2. The maximum atomic E-state index is 10.8. The molecule has 2 aromatic heterocycles. The molecule has 0 fully saturated rings. The Labute approximate surface area is 87.7 Å². The molecule has 0 atom stereocenters. The molecule has 0 aromatic carbocycles. The van der Waals surface area contributed by atoms with Crippen LogP contribution in [0.1, 0.15) is 18.1 Å². The lowest BCUT2D eigenvalue weighted by Crippen LogP contribution is -2.18. The topological polar surface area (TPSA) is 57.8 Å². The average molecular weight is 203 g/mol. The van der Waals surface area contributed by atoms with Gasteiger partial charge in [0.25, 0.3) is 0 Å². The molecule has 4 nitrogen and oxygen atoms in total. The molecule has 0 saturated carbocycles. The molecule has 2 aromatic rings. The van der Waals surface area contributed by atoms with Crippen LogP contribution in [0.25, 0.3) is 11.0 Å². The van der Waals surface area contributed by atoms with E-state index in [1.54, 1.807) is 6.20 Å². The van der Waals surface area contributed by atoms with Gasteiger partial charge in [0, 0.05) is 31.2 Å². The van der Waals surface area contributed by atoms with E-state index in [0.717, 1.165) is 16.6 Å². The summed E-state index contributed by atoms with van der Waals surface area (Å²) in [6.45, 7) is 4.07. The first-order valence-electron chi connectivity index (χ1n) is 4.84. The highest BCUT2D eigenvalue weighted by Crippen LogP contribution is 2.16. The summed E-state index contributed by atoms with van der Waals surface area (Å²) in [6.07, 6.45) is 3.70. The summed E-state index contributed by atoms with van der Waals surface area (Å²) in [5.41, 5.74) is 3.07. The van der Waals surface area contributed by atoms with E-state index in [-0.39, 0.29) is 5.91 Å². The van der Waals surface area contributed by atoms with E-state index in [4.69, 9.17) is 0 Å². The van der Waals surface area contributed by atoms with Gasteiger partial charge in [-0.25, -0.2) is 4.98 Å². The zero-order valence-electron chi connectivity index (χ0n) is 8.79. The van der Waals surface area contributed by atoms with Crippen LogP contribution in [0.3, 0.4) is 0 Å². The number of hydrogen-bond acceptors (Lipinski definition) is 2. The van der Waals surface area contributed by atoms with Crippen LogP contribution in [0, 0.1) is 6.92 Å². The Morgan fingerprint density at radius 3 is 3.13 bits per heavy atom. The first kappa shape index (κ1) is 9.71. The second kappa shape index (κ2) is 3.73. The Kier molecular flexibility index (Phi) is 2.41. The highest BCUT2D eigenvalue weighted by Gasteiger charge is 2.02. The van der Waals surface area contributed by atoms with E-state index in [1.165, 1.54) is 12.5 Å². The lowest BCUT2D eigenvalue weighted by atomic mass is 10.2. The minimum Gasteiger partial charge on any atom is -0.352 e. The molecular weight excluding hydrogens is 190 g/mol. The van der Waals surface area contributed by atoms with E-state index in [1.807, 2.05) is 19.2 Å². The van der Waals surface area contributed by atoms with E-state index >= 15 is 0 Å². The number of aryl methyl sites for hydroxylation is 1. The molecule has 0 aliphatic heterocycles. The lowest BCUT2D eigenvalue weighted by Gasteiger charge is -2.02. The van der Waals surface area contributed by atoms with E-state index < -0.39 is 0 Å². The second-order valence-corrected chi connectivity index (χ2v) is 3.62. The number of amides is 1. The van der Waals surface area contributed by atoms with Crippen molar-refractivity contribution in [2.24, 2.45) is 0 Å². The van der Waals surface area contributed by atoms with Crippen molar-refractivity contribution in [1.29, 1.82) is 0 Å². The standard InChI is InChI=1S/C11H13N3O/c1-7-4-13-11-10(7)3-9(6-14-11)5-12-8(2)15/h3-4,6H,5H2,1-2H3,(H,12,15)(H,13,14). The summed E-state index contributed by atoms with van der Waals surface area (Å²) in [4.78, 5) is 18.1. The smallest absolute Gasteiger partial charge is 0.217 e. The number of pyridine rings is 1. The number of hydrogen-bond donors (Lipinski definition) is 2. The lowest BCUT2D eigenvalue weighted by molar-refractivity contribution is -0.119. The van der Waals surface area contributed by atoms with Gasteiger partial charge in [-0.05, 0) is 24.1 Å². The third-order valence-corrected chi connectivity index (χ3v) is 2.34. The zero-order valence-corrected chi connectivity index (χ0v) is 8.79. The molecule has 0 aliphatic rings. The van der Waals surface area contributed by atoms with Gasteiger partial charge < -0.3 is 10.3 Å². The molecule has 0 radical (unpaired) electrons. The molecule has 0 aliphatic carbocycles. The molecule has 0 bridgehead atoms. The summed E-state index contributed by atoms with van der Waals surface area (Å²) in [6, 6.07) is 2.05. The highest BCUT2D eigenvalue weighted by molar-refractivity contribution is 5.80. The van der Waals surface area contributed by atoms with Crippen LogP contribution in [0.4, 0.5) is 0 Å². The van der Waals surface area contributed by atoms with Crippen molar-refractivity contribution < 1.29 is 4.79 Å². The predicted molar refractivity (Wildman–Crippen MR) is 58.4 cm³/mol. The van der Waals surface area contributed by atoms with Crippen molar-refractivity contribution in [2.75, 3.05) is 0 Å². The number of carbonyl (C=O) groups is 1. The van der Waals surface area contributed by atoms with Gasteiger partial charge in [0.1, 0.15) is 5.65 Å². The molecule has 15 heavy (non-hydrogen) atoms. The molecular formula is C11H13N3O. The third-order valence-electron chi connectivity index (χ3n) is 2.34. The largest absolute Gasteiger partial charge is 0.352 e. The summed E-state index contributed by atoms with van der Waals surface area (Å²) < 4.78 is 0. The van der Waals surface area contributed by atoms with Crippen LogP contribution in [-0.2, 0) is 11.3 Å². The molecule has 78 valence electrons. The van der Waals surface area contributed by atoms with Crippen molar-refractivity contribution in [3.8, 4) is 0 Å². The van der Waals surface area contributed by atoms with Gasteiger partial charge in [-0.1, -0.05) is 0 Å². The van der Waals surface area contributed by atoms with Crippen LogP contribution in [0.5, 0.6) is 0 Å². The minimum absolute atomic E-state index is 0.0270. The zero-order chi connectivity index (χ0) is 10.8. The van der Waals surface area contributed by atoms with Crippen molar-refractivity contribution in [3.63, 3.8) is 0 Å². The minimum atomic E-state index is -0.0270. The molecule has 1 amide bonds. The molecule has 4 heteroatoms. The Morgan fingerprint density at radius 1 is 1.60 bits per heavy atom. The van der Waals surface area contributed by atoms with Crippen LogP contribution in [-0.4, -0.2) is 15.9 Å². The van der Waals surface area contributed by atoms with Crippen LogP contribution >= 0.6 is 0 Å².